The van der Waals surface area contributed by atoms with E-state index < -0.39 is 10.0 Å². The number of piperidine rings is 1. The molecule has 0 amide bonds. The Morgan fingerprint density at radius 1 is 1.23 bits per heavy atom. The maximum Gasteiger partial charge on any atom is 0.238 e. The number of sulfonamides is 1. The smallest absolute Gasteiger partial charge is 0.238 e. The van der Waals surface area contributed by atoms with Gasteiger partial charge in [-0.2, -0.15) is 5.26 Å². The van der Waals surface area contributed by atoms with Crippen LogP contribution in [0.25, 0.3) is 0 Å². The number of aliphatic hydroxyl groups is 1. The van der Waals surface area contributed by atoms with Gasteiger partial charge in [0, 0.05) is 25.3 Å². The van der Waals surface area contributed by atoms with Crippen molar-refractivity contribution < 1.29 is 13.5 Å². The lowest BCUT2D eigenvalue weighted by atomic mass is 10.1. The van der Waals surface area contributed by atoms with Gasteiger partial charge in [0.2, 0.25) is 10.0 Å². The van der Waals surface area contributed by atoms with Gasteiger partial charge in [0.25, 0.3) is 0 Å². The summed E-state index contributed by atoms with van der Waals surface area (Å²) in [6, 6.07) is 13.9. The quantitative estimate of drug-likeness (QED) is 0.511. The highest BCUT2D eigenvalue weighted by molar-refractivity contribution is 7.89. The Morgan fingerprint density at radius 2 is 1.90 bits per heavy atom. The predicted octanol–water partition coefficient (Wildman–Crippen LogP) is 1.65. The van der Waals surface area contributed by atoms with E-state index >= 15 is 0 Å². The average molecular weight is 446 g/mol. The Hall–Kier alpha value is -2.71. The summed E-state index contributed by atoms with van der Waals surface area (Å²) >= 11 is 5.31. The lowest BCUT2D eigenvalue weighted by molar-refractivity contribution is 0.145. The van der Waals surface area contributed by atoms with Crippen LogP contribution in [0.4, 0.5) is 11.4 Å². The molecule has 1 heterocycles. The van der Waals surface area contributed by atoms with Crippen molar-refractivity contribution in [2.24, 2.45) is 5.14 Å². The van der Waals surface area contributed by atoms with E-state index in [1.807, 2.05) is 12.1 Å². The SMILES string of the molecule is N#Cc1cc(NC(=S)NCc2ccc(S(N)(=O)=O)cc2)ccc1N1CCC(O)CC1. The molecule has 0 saturated carbocycles. The number of nitrogens with one attached hydrogen (secondary N) is 2. The van der Waals surface area contributed by atoms with E-state index in [0.29, 0.717) is 48.8 Å². The number of aliphatic hydroxyl groups excluding tert-OH is 1. The molecule has 1 aliphatic heterocycles. The Labute approximate surface area is 181 Å². The number of nitrogens with two attached hydrogens (primary N) is 1. The van der Waals surface area contributed by atoms with Gasteiger partial charge < -0.3 is 20.6 Å². The largest absolute Gasteiger partial charge is 0.393 e. The van der Waals surface area contributed by atoms with Gasteiger partial charge in [0.15, 0.2) is 5.11 Å². The number of thiocarbonyl (C=S) groups is 1. The van der Waals surface area contributed by atoms with Crippen molar-refractivity contribution >= 4 is 38.7 Å². The van der Waals surface area contributed by atoms with Crippen molar-refractivity contribution in [2.75, 3.05) is 23.3 Å². The minimum Gasteiger partial charge on any atom is -0.393 e. The Kier molecular flexibility index (Phi) is 6.89. The molecule has 158 valence electrons. The number of benzene rings is 2. The normalized spacial score (nSPS) is 14.8. The number of rotatable bonds is 5. The minimum atomic E-state index is -3.71. The van der Waals surface area contributed by atoms with Gasteiger partial charge in [-0.3, -0.25) is 0 Å². The van der Waals surface area contributed by atoms with Crippen LogP contribution in [-0.4, -0.2) is 37.8 Å². The average Bonchev–Trinajstić information content (AvgIpc) is 2.72. The lowest BCUT2D eigenvalue weighted by Crippen LogP contribution is -2.36. The van der Waals surface area contributed by atoms with Gasteiger partial charge >= 0.3 is 0 Å². The van der Waals surface area contributed by atoms with E-state index in [4.69, 9.17) is 17.4 Å². The zero-order valence-electron chi connectivity index (χ0n) is 16.2. The fourth-order valence-corrected chi connectivity index (χ4v) is 3.95. The molecule has 0 unspecified atom stereocenters. The summed E-state index contributed by atoms with van der Waals surface area (Å²) < 4.78 is 22.6. The van der Waals surface area contributed by atoms with Crippen LogP contribution >= 0.6 is 12.2 Å². The van der Waals surface area contributed by atoms with E-state index in [1.54, 1.807) is 18.2 Å². The molecule has 5 N–H and O–H groups in total. The first-order valence-corrected chi connectivity index (χ1v) is 11.4. The fourth-order valence-electron chi connectivity index (χ4n) is 3.24. The minimum absolute atomic E-state index is 0.0549. The molecule has 3 rings (SSSR count). The van der Waals surface area contributed by atoms with Crippen LogP contribution in [0.5, 0.6) is 0 Å². The molecule has 0 aliphatic carbocycles. The molecule has 0 radical (unpaired) electrons. The Balaban J connectivity index is 1.59. The first-order valence-electron chi connectivity index (χ1n) is 9.40. The third kappa shape index (κ3) is 5.67. The van der Waals surface area contributed by atoms with Gasteiger partial charge in [-0.05, 0) is 61.0 Å². The van der Waals surface area contributed by atoms with E-state index in [-0.39, 0.29) is 11.0 Å². The topological polar surface area (TPSA) is 131 Å². The lowest BCUT2D eigenvalue weighted by Gasteiger charge is -2.32. The zero-order chi connectivity index (χ0) is 21.7. The van der Waals surface area contributed by atoms with Crippen LogP contribution in [-0.2, 0) is 16.6 Å². The van der Waals surface area contributed by atoms with Crippen molar-refractivity contribution in [1.82, 2.24) is 5.32 Å². The molecule has 0 aromatic heterocycles. The number of hydrogen-bond donors (Lipinski definition) is 4. The second-order valence-electron chi connectivity index (χ2n) is 7.06. The van der Waals surface area contributed by atoms with Gasteiger partial charge in [0.1, 0.15) is 6.07 Å². The molecule has 0 spiro atoms. The van der Waals surface area contributed by atoms with Crippen molar-refractivity contribution in [3.8, 4) is 6.07 Å². The molecule has 2 aromatic rings. The number of hydrogen-bond acceptors (Lipinski definition) is 6. The maximum atomic E-state index is 11.3. The molecule has 1 aliphatic rings. The van der Waals surface area contributed by atoms with Crippen LogP contribution in [0.3, 0.4) is 0 Å². The maximum absolute atomic E-state index is 11.3. The highest BCUT2D eigenvalue weighted by Gasteiger charge is 2.19. The first kappa shape index (κ1) is 22.0. The van der Waals surface area contributed by atoms with Crippen molar-refractivity contribution in [3.63, 3.8) is 0 Å². The summed E-state index contributed by atoms with van der Waals surface area (Å²) in [4.78, 5) is 2.16. The predicted molar refractivity (Wildman–Crippen MR) is 119 cm³/mol. The molecular formula is C20H23N5O3S2. The zero-order valence-corrected chi connectivity index (χ0v) is 17.8. The summed E-state index contributed by atoms with van der Waals surface area (Å²) in [7, 11) is -3.71. The highest BCUT2D eigenvalue weighted by atomic mass is 32.2. The summed E-state index contributed by atoms with van der Waals surface area (Å²) in [6.45, 7) is 1.83. The first-order chi connectivity index (χ1) is 14.3. The second-order valence-corrected chi connectivity index (χ2v) is 9.03. The van der Waals surface area contributed by atoms with Gasteiger partial charge in [-0.25, -0.2) is 13.6 Å². The Morgan fingerprint density at radius 3 is 2.50 bits per heavy atom. The summed E-state index contributed by atoms with van der Waals surface area (Å²) in [5, 5.41) is 30.8. The van der Waals surface area contributed by atoms with E-state index in [9.17, 15) is 18.8 Å². The molecule has 2 aromatic carbocycles. The van der Waals surface area contributed by atoms with Gasteiger partial charge in [-0.15, -0.1) is 0 Å². The highest BCUT2D eigenvalue weighted by Crippen LogP contribution is 2.26. The monoisotopic (exact) mass is 445 g/mol. The third-order valence-corrected chi connectivity index (χ3v) is 6.06. The number of nitriles is 1. The van der Waals surface area contributed by atoms with Crippen molar-refractivity contribution in [2.45, 2.75) is 30.4 Å². The van der Waals surface area contributed by atoms with Gasteiger partial charge in [-0.1, -0.05) is 12.1 Å². The number of anilines is 2. The van der Waals surface area contributed by atoms with Crippen LogP contribution < -0.4 is 20.7 Å². The third-order valence-electron chi connectivity index (χ3n) is 4.88. The fraction of sp³-hybridized carbons (Fsp3) is 0.300. The molecular weight excluding hydrogens is 422 g/mol. The molecule has 1 fully saturated rings. The Bertz CT molecular complexity index is 1060. The summed E-state index contributed by atoms with van der Waals surface area (Å²) in [5.74, 6) is 0. The summed E-state index contributed by atoms with van der Waals surface area (Å²) in [6.07, 6.45) is 1.11. The van der Waals surface area contributed by atoms with Crippen LogP contribution in [0.2, 0.25) is 0 Å². The molecule has 30 heavy (non-hydrogen) atoms. The van der Waals surface area contributed by atoms with Crippen LogP contribution in [0.15, 0.2) is 47.4 Å². The summed E-state index contributed by atoms with van der Waals surface area (Å²) in [5.41, 5.74) is 2.92. The molecule has 1 saturated heterocycles. The van der Waals surface area contributed by atoms with E-state index in [2.05, 4.69) is 21.6 Å². The second kappa shape index (κ2) is 9.40. The molecule has 0 bridgehead atoms. The van der Waals surface area contributed by atoms with E-state index in [0.717, 1.165) is 11.3 Å². The number of nitrogens with zero attached hydrogens (tertiary/aromatic N) is 2. The van der Waals surface area contributed by atoms with Crippen LogP contribution in [0, 0.1) is 11.3 Å². The van der Waals surface area contributed by atoms with Crippen molar-refractivity contribution in [3.05, 3.63) is 53.6 Å². The van der Waals surface area contributed by atoms with Crippen LogP contribution in [0.1, 0.15) is 24.0 Å². The standard InChI is InChI=1S/C20H23N5O3S2/c21-12-15-11-16(3-6-19(15)25-9-7-17(26)8-10-25)24-20(29)23-13-14-1-4-18(5-2-14)30(22,27)28/h1-6,11,17,26H,7-10,13H2,(H2,22,27,28)(H2,23,24,29). The molecule has 8 nitrogen and oxygen atoms in total. The number of primary sulfonamides is 1. The van der Waals surface area contributed by atoms with E-state index in [1.165, 1.54) is 12.1 Å². The molecule has 0 atom stereocenters. The van der Waals surface area contributed by atoms with Gasteiger partial charge in [0.05, 0.1) is 22.3 Å². The van der Waals surface area contributed by atoms with Crippen molar-refractivity contribution in [1.29, 1.82) is 5.26 Å². The molecule has 10 heteroatoms.